The number of amides is 2. The molecule has 0 saturated heterocycles. The Morgan fingerprint density at radius 3 is 2.38 bits per heavy atom. The number of rotatable bonds is 7. The lowest BCUT2D eigenvalue weighted by molar-refractivity contribution is 0.181. The summed E-state index contributed by atoms with van der Waals surface area (Å²) in [6, 6.07) is 18.1. The van der Waals surface area contributed by atoms with E-state index in [2.05, 4.69) is 5.32 Å². The molecule has 37 heavy (non-hydrogen) atoms. The number of halogens is 3. The van der Waals surface area contributed by atoms with Crippen LogP contribution >= 0.6 is 34.8 Å². The van der Waals surface area contributed by atoms with E-state index in [0.29, 0.717) is 51.2 Å². The molecule has 7 nitrogen and oxygen atoms in total. The highest BCUT2D eigenvalue weighted by atomic mass is 35.5. The van der Waals surface area contributed by atoms with Gasteiger partial charge in [-0.05, 0) is 69.6 Å². The number of aromatic nitrogens is 2. The number of carbonyl (C=O) groups excluding carboxylic acids is 1. The number of fused-ring (bicyclic) bond motifs is 1. The molecule has 0 aliphatic rings. The predicted octanol–water partition coefficient (Wildman–Crippen LogP) is 6.50. The van der Waals surface area contributed by atoms with E-state index in [-0.39, 0.29) is 10.6 Å². The maximum atomic E-state index is 13.7. The van der Waals surface area contributed by atoms with Crippen molar-refractivity contribution in [2.75, 3.05) is 32.5 Å². The molecule has 1 atom stereocenters. The second-order valence-electron chi connectivity index (χ2n) is 8.81. The summed E-state index contributed by atoms with van der Waals surface area (Å²) in [5.74, 6) is 0.414. The number of anilines is 1. The molecule has 0 aliphatic carbocycles. The first kappa shape index (κ1) is 26.9. The van der Waals surface area contributed by atoms with Gasteiger partial charge in [-0.1, -0.05) is 53.0 Å². The number of benzene rings is 3. The third kappa shape index (κ3) is 5.91. The third-order valence-electron chi connectivity index (χ3n) is 5.97. The Hall–Kier alpha value is -3.10. The molecule has 192 valence electrons. The molecule has 0 aliphatic heterocycles. The molecule has 1 heterocycles. The van der Waals surface area contributed by atoms with Crippen LogP contribution in [0.3, 0.4) is 0 Å². The van der Waals surface area contributed by atoms with Gasteiger partial charge in [-0.2, -0.15) is 0 Å². The maximum absolute atomic E-state index is 13.7. The van der Waals surface area contributed by atoms with Crippen molar-refractivity contribution in [3.05, 3.63) is 98.0 Å². The summed E-state index contributed by atoms with van der Waals surface area (Å²) in [5, 5.41) is 4.47. The van der Waals surface area contributed by atoms with Gasteiger partial charge in [-0.15, -0.1) is 0 Å². The average Bonchev–Trinajstić information content (AvgIpc) is 2.87. The van der Waals surface area contributed by atoms with Gasteiger partial charge in [0.2, 0.25) is 0 Å². The number of hydrogen-bond donors (Lipinski definition) is 1. The van der Waals surface area contributed by atoms with Gasteiger partial charge in [-0.3, -0.25) is 9.36 Å². The van der Waals surface area contributed by atoms with E-state index in [9.17, 15) is 9.59 Å². The highest BCUT2D eigenvalue weighted by Gasteiger charge is 2.27. The zero-order valence-electron chi connectivity index (χ0n) is 20.6. The Balaban J connectivity index is 1.83. The number of urea groups is 1. The normalized spacial score (nSPS) is 12.1. The first-order chi connectivity index (χ1) is 17.7. The molecule has 0 spiro atoms. The van der Waals surface area contributed by atoms with Crippen LogP contribution in [0.5, 0.6) is 0 Å². The SMILES string of the molecule is CC(c1nc2ccccc2c(=O)n1-c1ccc(Cl)cc1)N(CCN(C)C)C(=O)Nc1cccc(Cl)c1Cl. The maximum Gasteiger partial charge on any atom is 0.322 e. The van der Waals surface area contributed by atoms with E-state index >= 15 is 0 Å². The van der Waals surface area contributed by atoms with Crippen LogP contribution in [0, 0.1) is 0 Å². The van der Waals surface area contributed by atoms with E-state index in [4.69, 9.17) is 39.8 Å². The van der Waals surface area contributed by atoms with Crippen LogP contribution < -0.4 is 10.9 Å². The smallest absolute Gasteiger partial charge is 0.313 e. The Labute approximate surface area is 230 Å². The lowest BCUT2D eigenvalue weighted by Gasteiger charge is -2.31. The molecule has 4 rings (SSSR count). The van der Waals surface area contributed by atoms with Crippen molar-refractivity contribution in [3.63, 3.8) is 0 Å². The van der Waals surface area contributed by atoms with Crippen LogP contribution in [-0.2, 0) is 0 Å². The topological polar surface area (TPSA) is 70.5 Å². The molecule has 3 aromatic carbocycles. The summed E-state index contributed by atoms with van der Waals surface area (Å²) in [6.07, 6.45) is 0. The number of nitrogens with one attached hydrogen (secondary N) is 1. The van der Waals surface area contributed by atoms with E-state index in [1.54, 1.807) is 65.6 Å². The molecular formula is C27H26Cl3N5O2. The fourth-order valence-electron chi connectivity index (χ4n) is 3.98. The summed E-state index contributed by atoms with van der Waals surface area (Å²) in [5.41, 5.74) is 1.30. The van der Waals surface area contributed by atoms with Gasteiger partial charge >= 0.3 is 6.03 Å². The molecule has 0 radical (unpaired) electrons. The Kier molecular flexibility index (Phi) is 8.39. The zero-order chi connectivity index (χ0) is 26.7. The third-order valence-corrected chi connectivity index (χ3v) is 7.04. The van der Waals surface area contributed by atoms with Crippen molar-refractivity contribution in [1.29, 1.82) is 0 Å². The summed E-state index contributed by atoms with van der Waals surface area (Å²) < 4.78 is 1.53. The van der Waals surface area contributed by atoms with Crippen LogP contribution in [0.1, 0.15) is 18.8 Å². The van der Waals surface area contributed by atoms with Crippen molar-refractivity contribution >= 4 is 57.4 Å². The molecule has 0 saturated carbocycles. The molecule has 1 N–H and O–H groups in total. The largest absolute Gasteiger partial charge is 0.322 e. The van der Waals surface area contributed by atoms with Crippen molar-refractivity contribution < 1.29 is 4.79 Å². The minimum Gasteiger partial charge on any atom is -0.313 e. The van der Waals surface area contributed by atoms with E-state index in [0.717, 1.165) is 0 Å². The van der Waals surface area contributed by atoms with Crippen LogP contribution in [-0.4, -0.2) is 52.6 Å². The number of hydrogen-bond acceptors (Lipinski definition) is 4. The first-order valence-electron chi connectivity index (χ1n) is 11.6. The standard InChI is InChI=1S/C27H26Cl3N5O2/c1-17(34(16-15-33(2)3)27(37)32-23-10-6-8-21(29)24(23)30)25-31-22-9-5-4-7-20(22)26(36)35(25)19-13-11-18(28)12-14-19/h4-14,17H,15-16H2,1-3H3,(H,32,37). The Morgan fingerprint density at radius 2 is 1.68 bits per heavy atom. The summed E-state index contributed by atoms with van der Waals surface area (Å²) in [4.78, 5) is 35.8. The lowest BCUT2D eigenvalue weighted by Crippen LogP contribution is -2.43. The van der Waals surface area contributed by atoms with Gasteiger partial charge in [0.25, 0.3) is 5.56 Å². The van der Waals surface area contributed by atoms with Gasteiger partial charge in [0, 0.05) is 18.1 Å². The fraction of sp³-hybridized carbons (Fsp3) is 0.222. The summed E-state index contributed by atoms with van der Waals surface area (Å²) in [6.45, 7) is 2.79. The van der Waals surface area contributed by atoms with Gasteiger partial charge in [0.15, 0.2) is 0 Å². The Bertz CT molecular complexity index is 1490. The lowest BCUT2D eigenvalue weighted by atomic mass is 10.2. The molecule has 10 heteroatoms. The Morgan fingerprint density at radius 1 is 0.973 bits per heavy atom. The monoisotopic (exact) mass is 557 g/mol. The molecule has 2 amide bonds. The van der Waals surface area contributed by atoms with Crippen molar-refractivity contribution in [2.45, 2.75) is 13.0 Å². The van der Waals surface area contributed by atoms with E-state index in [1.165, 1.54) is 4.57 Å². The van der Waals surface area contributed by atoms with Crippen LogP contribution in [0.2, 0.25) is 15.1 Å². The fourth-order valence-corrected chi connectivity index (χ4v) is 4.45. The number of para-hydroxylation sites is 1. The highest BCUT2D eigenvalue weighted by molar-refractivity contribution is 6.44. The highest BCUT2D eigenvalue weighted by Crippen LogP contribution is 2.31. The quantitative estimate of drug-likeness (QED) is 0.281. The zero-order valence-corrected chi connectivity index (χ0v) is 22.8. The van der Waals surface area contributed by atoms with Crippen molar-refractivity contribution in [2.24, 2.45) is 0 Å². The molecule has 1 aromatic heterocycles. The van der Waals surface area contributed by atoms with Crippen molar-refractivity contribution in [3.8, 4) is 5.69 Å². The predicted molar refractivity (Wildman–Crippen MR) is 152 cm³/mol. The molecule has 0 bridgehead atoms. The van der Waals surface area contributed by atoms with Crippen molar-refractivity contribution in [1.82, 2.24) is 19.4 Å². The van der Waals surface area contributed by atoms with Crippen LogP contribution in [0.15, 0.2) is 71.5 Å². The second kappa shape index (κ2) is 11.5. The van der Waals surface area contributed by atoms with Crippen LogP contribution in [0.25, 0.3) is 16.6 Å². The van der Waals surface area contributed by atoms with Crippen LogP contribution in [0.4, 0.5) is 10.5 Å². The van der Waals surface area contributed by atoms with Gasteiger partial charge in [0.05, 0.1) is 38.4 Å². The minimum atomic E-state index is -0.592. The molecule has 4 aromatic rings. The van der Waals surface area contributed by atoms with Gasteiger partial charge in [0.1, 0.15) is 5.82 Å². The summed E-state index contributed by atoms with van der Waals surface area (Å²) in [7, 11) is 3.85. The number of carbonyl (C=O) groups is 1. The van der Waals surface area contributed by atoms with Gasteiger partial charge in [-0.25, -0.2) is 9.78 Å². The number of nitrogens with zero attached hydrogens (tertiary/aromatic N) is 4. The average molecular weight is 559 g/mol. The summed E-state index contributed by atoms with van der Waals surface area (Å²) >= 11 is 18.6. The van der Waals surface area contributed by atoms with E-state index in [1.807, 2.05) is 32.0 Å². The molecule has 0 fully saturated rings. The van der Waals surface area contributed by atoms with E-state index < -0.39 is 12.1 Å². The van der Waals surface area contributed by atoms with Gasteiger partial charge < -0.3 is 15.1 Å². The molecular weight excluding hydrogens is 533 g/mol. The minimum absolute atomic E-state index is 0.236. The molecule has 1 unspecified atom stereocenters. The second-order valence-corrected chi connectivity index (χ2v) is 10.0. The first-order valence-corrected chi connectivity index (χ1v) is 12.7. The number of likely N-dealkylation sites (N-methyl/N-ethyl adjacent to an activating group) is 1.